The molecular formula is C18H22N4O7S. The van der Waals surface area contributed by atoms with Crippen LogP contribution in [-0.2, 0) is 19.1 Å². The van der Waals surface area contributed by atoms with Crippen molar-refractivity contribution < 1.29 is 34.1 Å². The molecule has 4 atom stereocenters. The molecule has 0 aliphatic carbocycles. The monoisotopic (exact) mass is 438 g/mol. The third kappa shape index (κ3) is 4.00. The molecule has 0 bridgehead atoms. The van der Waals surface area contributed by atoms with Crippen LogP contribution in [0.25, 0.3) is 0 Å². The van der Waals surface area contributed by atoms with E-state index in [2.05, 4.69) is 10.6 Å². The summed E-state index contributed by atoms with van der Waals surface area (Å²) in [6, 6.07) is 3.93. The van der Waals surface area contributed by atoms with E-state index in [9.17, 15) is 29.4 Å². The molecule has 12 heteroatoms. The van der Waals surface area contributed by atoms with Crippen molar-refractivity contribution in [2.24, 2.45) is 5.73 Å². The average molecular weight is 438 g/mol. The molecule has 0 radical (unpaired) electrons. The standard InChI is InChI=1S/C18H22N4O7S/c1-2-29-17(28)21-18(16(26)27)7-22-14(25)12(15(22)30-8-18)20-13(24)11(19)9-3-5-10(23)6-4-9/h3-6,11-12,15,23H,2,7-8,19H2,1H3,(H,20,24)(H,21,28)(H,26,27)/t11?,12?,15-,18?/m1/s1. The minimum absolute atomic E-state index is 0.00796. The molecule has 0 spiro atoms. The molecule has 162 valence electrons. The fourth-order valence-corrected chi connectivity index (χ4v) is 4.75. The summed E-state index contributed by atoms with van der Waals surface area (Å²) in [4.78, 5) is 49.9. The lowest BCUT2D eigenvalue weighted by molar-refractivity contribution is -0.155. The van der Waals surface area contributed by atoms with Crippen molar-refractivity contribution in [1.29, 1.82) is 0 Å². The molecule has 3 rings (SSSR count). The Balaban J connectivity index is 1.64. The number of alkyl carbamates (subject to hydrolysis) is 1. The second kappa shape index (κ2) is 8.40. The van der Waals surface area contributed by atoms with Crippen LogP contribution in [0.1, 0.15) is 18.5 Å². The van der Waals surface area contributed by atoms with Gasteiger partial charge in [0.15, 0.2) is 5.54 Å². The van der Waals surface area contributed by atoms with Crippen LogP contribution in [0, 0.1) is 0 Å². The van der Waals surface area contributed by atoms with Gasteiger partial charge in [-0.1, -0.05) is 12.1 Å². The highest BCUT2D eigenvalue weighted by Crippen LogP contribution is 2.38. The number of benzene rings is 1. The first-order valence-corrected chi connectivity index (χ1v) is 10.2. The molecule has 0 saturated carbocycles. The zero-order chi connectivity index (χ0) is 22.1. The van der Waals surface area contributed by atoms with Gasteiger partial charge in [-0.3, -0.25) is 9.59 Å². The molecule has 1 aromatic rings. The molecular weight excluding hydrogens is 416 g/mol. The number of amides is 3. The van der Waals surface area contributed by atoms with Crippen LogP contribution in [0.3, 0.4) is 0 Å². The molecule has 2 saturated heterocycles. The number of hydrogen-bond acceptors (Lipinski definition) is 8. The number of carbonyl (C=O) groups is 4. The summed E-state index contributed by atoms with van der Waals surface area (Å²) in [6.07, 6.45) is -0.878. The van der Waals surface area contributed by atoms with Crippen LogP contribution in [-0.4, -0.2) is 74.8 Å². The van der Waals surface area contributed by atoms with Crippen LogP contribution in [0.5, 0.6) is 5.75 Å². The van der Waals surface area contributed by atoms with Crippen LogP contribution in [0.4, 0.5) is 4.79 Å². The highest BCUT2D eigenvalue weighted by molar-refractivity contribution is 8.00. The summed E-state index contributed by atoms with van der Waals surface area (Å²) in [5, 5.41) is 23.4. The molecule has 2 fully saturated rings. The summed E-state index contributed by atoms with van der Waals surface area (Å²) in [5.74, 6) is -2.29. The van der Waals surface area contributed by atoms with Crippen molar-refractivity contribution in [3.05, 3.63) is 29.8 Å². The Morgan fingerprint density at radius 2 is 2.03 bits per heavy atom. The molecule has 0 aromatic heterocycles. The van der Waals surface area contributed by atoms with Gasteiger partial charge in [0.05, 0.1) is 13.2 Å². The van der Waals surface area contributed by atoms with Crippen molar-refractivity contribution in [1.82, 2.24) is 15.5 Å². The van der Waals surface area contributed by atoms with E-state index in [-0.39, 0.29) is 24.7 Å². The highest BCUT2D eigenvalue weighted by atomic mass is 32.2. The first kappa shape index (κ1) is 21.7. The number of phenolic OH excluding ortho intramolecular Hbond substituents is 1. The van der Waals surface area contributed by atoms with Gasteiger partial charge in [0.25, 0.3) is 0 Å². The first-order chi connectivity index (χ1) is 14.2. The minimum atomic E-state index is -1.68. The lowest BCUT2D eigenvalue weighted by Gasteiger charge is -2.53. The summed E-state index contributed by atoms with van der Waals surface area (Å²) in [6.45, 7) is 1.43. The number of phenols is 1. The van der Waals surface area contributed by atoms with Gasteiger partial charge in [0.1, 0.15) is 23.2 Å². The van der Waals surface area contributed by atoms with E-state index in [1.165, 1.54) is 29.2 Å². The predicted molar refractivity (Wildman–Crippen MR) is 105 cm³/mol. The Labute approximate surface area is 175 Å². The second-order valence-corrected chi connectivity index (χ2v) is 8.06. The zero-order valence-electron chi connectivity index (χ0n) is 16.0. The smallest absolute Gasteiger partial charge is 0.408 e. The molecule has 2 aliphatic heterocycles. The molecule has 3 unspecified atom stereocenters. The fraction of sp³-hybridized carbons (Fsp3) is 0.444. The van der Waals surface area contributed by atoms with E-state index in [0.717, 1.165) is 11.8 Å². The van der Waals surface area contributed by atoms with Crippen LogP contribution in [0.15, 0.2) is 24.3 Å². The third-order valence-corrected chi connectivity index (χ3v) is 6.47. The van der Waals surface area contributed by atoms with E-state index in [4.69, 9.17) is 10.5 Å². The normalized spacial score (nSPS) is 26.1. The lowest BCUT2D eigenvalue weighted by Crippen LogP contribution is -2.77. The number of nitrogens with one attached hydrogen (secondary N) is 2. The van der Waals surface area contributed by atoms with Crippen LogP contribution < -0.4 is 16.4 Å². The Kier molecular flexibility index (Phi) is 6.08. The van der Waals surface area contributed by atoms with E-state index < -0.39 is 46.9 Å². The Morgan fingerprint density at radius 3 is 2.63 bits per heavy atom. The quantitative estimate of drug-likeness (QED) is 0.362. The molecule has 11 nitrogen and oxygen atoms in total. The summed E-state index contributed by atoms with van der Waals surface area (Å²) in [7, 11) is 0. The van der Waals surface area contributed by atoms with Crippen LogP contribution in [0.2, 0.25) is 0 Å². The number of thioether (sulfide) groups is 1. The van der Waals surface area contributed by atoms with Crippen molar-refractivity contribution in [2.75, 3.05) is 18.9 Å². The number of hydrogen-bond donors (Lipinski definition) is 5. The van der Waals surface area contributed by atoms with Gasteiger partial charge in [-0.15, -0.1) is 11.8 Å². The van der Waals surface area contributed by atoms with Crippen molar-refractivity contribution in [2.45, 2.75) is 29.9 Å². The largest absolute Gasteiger partial charge is 0.508 e. The van der Waals surface area contributed by atoms with Crippen molar-refractivity contribution >= 4 is 35.6 Å². The number of fused-ring (bicyclic) bond motifs is 1. The Bertz CT molecular complexity index is 865. The predicted octanol–water partition coefficient (Wildman–Crippen LogP) is -0.639. The van der Waals surface area contributed by atoms with Crippen molar-refractivity contribution in [3.8, 4) is 5.75 Å². The number of nitrogens with zero attached hydrogens (tertiary/aromatic N) is 1. The molecule has 2 heterocycles. The van der Waals surface area contributed by atoms with Gasteiger partial charge in [0, 0.05) is 5.75 Å². The van der Waals surface area contributed by atoms with Gasteiger partial charge in [-0.2, -0.15) is 0 Å². The zero-order valence-corrected chi connectivity index (χ0v) is 16.8. The van der Waals surface area contributed by atoms with Crippen LogP contribution >= 0.6 is 11.8 Å². The number of carboxylic acid groups (broad SMARTS) is 1. The molecule has 1 aromatic carbocycles. The lowest BCUT2D eigenvalue weighted by atomic mass is 9.96. The summed E-state index contributed by atoms with van der Waals surface area (Å²) >= 11 is 1.14. The maximum atomic E-state index is 12.5. The highest BCUT2D eigenvalue weighted by Gasteiger charge is 2.58. The third-order valence-electron chi connectivity index (χ3n) is 4.94. The number of aromatic hydroxyl groups is 1. The SMILES string of the molecule is CCOC(=O)NC1(C(=O)O)CS[C@@H]2C(NC(=O)C(N)c3ccc(O)cc3)C(=O)N2C1. The number of aliphatic carboxylic acids is 1. The maximum Gasteiger partial charge on any atom is 0.408 e. The molecule has 30 heavy (non-hydrogen) atoms. The number of carbonyl (C=O) groups excluding carboxylic acids is 3. The number of nitrogens with two attached hydrogens (primary N) is 1. The summed E-state index contributed by atoms with van der Waals surface area (Å²) < 4.78 is 4.76. The van der Waals surface area contributed by atoms with E-state index in [1.54, 1.807) is 6.92 Å². The number of ether oxygens (including phenoxy) is 1. The minimum Gasteiger partial charge on any atom is -0.508 e. The van der Waals surface area contributed by atoms with Gasteiger partial charge < -0.3 is 36.2 Å². The fourth-order valence-electron chi connectivity index (χ4n) is 3.27. The average Bonchev–Trinajstić information content (AvgIpc) is 2.71. The van der Waals surface area contributed by atoms with Gasteiger partial charge >= 0.3 is 12.1 Å². The topological polar surface area (TPSA) is 171 Å². The maximum absolute atomic E-state index is 12.5. The molecule has 2 aliphatic rings. The Hall–Kier alpha value is -2.99. The number of rotatable bonds is 6. The van der Waals surface area contributed by atoms with Gasteiger partial charge in [-0.05, 0) is 24.6 Å². The first-order valence-electron chi connectivity index (χ1n) is 9.14. The molecule has 6 N–H and O–H groups in total. The Morgan fingerprint density at radius 1 is 1.37 bits per heavy atom. The van der Waals surface area contributed by atoms with E-state index in [0.29, 0.717) is 5.56 Å². The van der Waals surface area contributed by atoms with E-state index >= 15 is 0 Å². The van der Waals surface area contributed by atoms with Gasteiger partial charge in [0.2, 0.25) is 11.8 Å². The van der Waals surface area contributed by atoms with E-state index in [1.807, 2.05) is 0 Å². The molecule has 3 amide bonds. The number of β-lactam (4-membered cyclic amide) rings is 1. The second-order valence-electron chi connectivity index (χ2n) is 6.96. The van der Waals surface area contributed by atoms with Gasteiger partial charge in [-0.25, -0.2) is 9.59 Å². The number of carboxylic acids is 1. The summed E-state index contributed by atoms with van der Waals surface area (Å²) in [5.41, 5.74) is 4.72. The van der Waals surface area contributed by atoms with Crippen molar-refractivity contribution in [3.63, 3.8) is 0 Å².